The van der Waals surface area contributed by atoms with Gasteiger partial charge in [0.1, 0.15) is 6.04 Å². The van der Waals surface area contributed by atoms with Crippen molar-refractivity contribution < 1.29 is 14.7 Å². The minimum absolute atomic E-state index is 0.0339. The highest BCUT2D eigenvalue weighted by molar-refractivity contribution is 5.98. The Labute approximate surface area is 191 Å². The van der Waals surface area contributed by atoms with E-state index in [4.69, 9.17) is 0 Å². The molecule has 6 nitrogen and oxygen atoms in total. The average Bonchev–Trinajstić information content (AvgIpc) is 2.78. The van der Waals surface area contributed by atoms with E-state index in [0.29, 0.717) is 12.1 Å². The highest BCUT2D eigenvalue weighted by Gasteiger charge is 2.25. The number of carbonyl (C=O) groups is 2. The number of hydrogen-bond donors (Lipinski definition) is 3. The van der Waals surface area contributed by atoms with Crippen LogP contribution >= 0.6 is 0 Å². The van der Waals surface area contributed by atoms with Crippen LogP contribution in [0.4, 0.5) is 0 Å². The topological polar surface area (TPSA) is 81.7 Å². The molecule has 1 aliphatic rings. The molecule has 0 saturated carbocycles. The maximum Gasteiger partial charge on any atom is 0.252 e. The maximum atomic E-state index is 12.8. The zero-order valence-corrected chi connectivity index (χ0v) is 19.3. The van der Waals surface area contributed by atoms with Gasteiger partial charge < -0.3 is 15.7 Å². The molecule has 1 aliphatic heterocycles. The number of aryl methyl sites for hydroxylation is 1. The van der Waals surface area contributed by atoms with E-state index in [0.717, 1.165) is 43.6 Å². The Kier molecular flexibility index (Phi) is 8.42. The van der Waals surface area contributed by atoms with E-state index >= 15 is 0 Å². The molecule has 0 aliphatic carbocycles. The highest BCUT2D eigenvalue weighted by atomic mass is 16.3. The summed E-state index contributed by atoms with van der Waals surface area (Å²) in [6.45, 7) is 8.87. The number of likely N-dealkylation sites (tertiary alicyclic amines) is 1. The van der Waals surface area contributed by atoms with Gasteiger partial charge in [-0.2, -0.15) is 0 Å². The minimum Gasteiger partial charge on any atom is -0.393 e. The molecular weight excluding hydrogens is 402 g/mol. The number of benzene rings is 2. The fourth-order valence-corrected chi connectivity index (χ4v) is 3.98. The zero-order chi connectivity index (χ0) is 23.1. The van der Waals surface area contributed by atoms with Crippen LogP contribution < -0.4 is 10.6 Å². The Morgan fingerprint density at radius 2 is 1.66 bits per heavy atom. The first-order valence-electron chi connectivity index (χ1n) is 11.5. The summed E-state index contributed by atoms with van der Waals surface area (Å²) in [7, 11) is 0. The number of nitrogens with one attached hydrogen (secondary N) is 2. The van der Waals surface area contributed by atoms with E-state index < -0.39 is 6.04 Å². The third kappa shape index (κ3) is 6.65. The summed E-state index contributed by atoms with van der Waals surface area (Å²) < 4.78 is 0. The van der Waals surface area contributed by atoms with Gasteiger partial charge in [-0.25, -0.2) is 0 Å². The van der Waals surface area contributed by atoms with Crippen molar-refractivity contribution in [3.8, 4) is 0 Å². The first-order chi connectivity index (χ1) is 15.3. The number of aliphatic hydroxyl groups is 1. The standard InChI is InChI=1S/C26H35N3O3/c1-18(2)24(28-25(31)23-7-5-4-6-19(23)3)26(32)27-16-20-8-10-21(11-9-20)17-29-14-12-22(30)13-15-29/h4-11,18,22,24,30H,12-17H2,1-3H3,(H,27,32)(H,28,31). The Morgan fingerprint density at radius 1 is 1.03 bits per heavy atom. The normalized spacial score (nSPS) is 16.0. The Hall–Kier alpha value is -2.70. The second-order valence-electron chi connectivity index (χ2n) is 9.05. The van der Waals surface area contributed by atoms with Crippen LogP contribution in [0.25, 0.3) is 0 Å². The predicted molar refractivity (Wildman–Crippen MR) is 126 cm³/mol. The van der Waals surface area contributed by atoms with Crippen LogP contribution in [0.3, 0.4) is 0 Å². The summed E-state index contributed by atoms with van der Waals surface area (Å²) in [5, 5.41) is 15.5. The molecule has 3 rings (SSSR count). The van der Waals surface area contributed by atoms with Crippen molar-refractivity contribution >= 4 is 11.8 Å². The van der Waals surface area contributed by atoms with Crippen molar-refractivity contribution in [3.63, 3.8) is 0 Å². The first kappa shape index (κ1) is 24.0. The van der Waals surface area contributed by atoms with E-state index in [1.165, 1.54) is 5.56 Å². The second-order valence-corrected chi connectivity index (χ2v) is 9.05. The van der Waals surface area contributed by atoms with Crippen LogP contribution in [0.15, 0.2) is 48.5 Å². The van der Waals surface area contributed by atoms with E-state index in [-0.39, 0.29) is 23.8 Å². The second kappa shape index (κ2) is 11.2. The van der Waals surface area contributed by atoms with Gasteiger partial charge in [0.25, 0.3) is 5.91 Å². The molecule has 1 unspecified atom stereocenters. The summed E-state index contributed by atoms with van der Waals surface area (Å²) in [6, 6.07) is 15.0. The van der Waals surface area contributed by atoms with Gasteiger partial charge in [-0.15, -0.1) is 0 Å². The summed E-state index contributed by atoms with van der Waals surface area (Å²) in [6.07, 6.45) is 1.51. The number of amides is 2. The van der Waals surface area contributed by atoms with E-state index in [1.807, 2.05) is 51.1 Å². The Bertz CT molecular complexity index is 903. The molecule has 2 aromatic carbocycles. The molecule has 0 radical (unpaired) electrons. The molecule has 1 atom stereocenters. The lowest BCUT2D eigenvalue weighted by Gasteiger charge is -2.29. The van der Waals surface area contributed by atoms with Crippen molar-refractivity contribution in [1.29, 1.82) is 0 Å². The van der Waals surface area contributed by atoms with Gasteiger partial charge in [0.15, 0.2) is 0 Å². The highest BCUT2D eigenvalue weighted by Crippen LogP contribution is 2.15. The zero-order valence-electron chi connectivity index (χ0n) is 19.3. The van der Waals surface area contributed by atoms with Crippen LogP contribution in [0.5, 0.6) is 0 Å². The summed E-state index contributed by atoms with van der Waals surface area (Å²) >= 11 is 0. The smallest absolute Gasteiger partial charge is 0.252 e. The molecule has 2 amide bonds. The molecule has 0 bridgehead atoms. The SMILES string of the molecule is Cc1ccccc1C(=O)NC(C(=O)NCc1ccc(CN2CCC(O)CC2)cc1)C(C)C. The Morgan fingerprint density at radius 3 is 2.28 bits per heavy atom. The summed E-state index contributed by atoms with van der Waals surface area (Å²) in [5.74, 6) is -0.446. The quantitative estimate of drug-likeness (QED) is 0.593. The summed E-state index contributed by atoms with van der Waals surface area (Å²) in [4.78, 5) is 27.8. The fourth-order valence-electron chi connectivity index (χ4n) is 3.98. The lowest BCUT2D eigenvalue weighted by Crippen LogP contribution is -2.49. The molecule has 1 heterocycles. The van der Waals surface area contributed by atoms with Gasteiger partial charge >= 0.3 is 0 Å². The van der Waals surface area contributed by atoms with Gasteiger partial charge in [-0.05, 0) is 48.4 Å². The molecule has 0 aromatic heterocycles. The molecule has 1 saturated heterocycles. The third-order valence-electron chi connectivity index (χ3n) is 6.08. The molecular formula is C26H35N3O3. The molecule has 3 N–H and O–H groups in total. The van der Waals surface area contributed by atoms with Crippen molar-refractivity contribution in [3.05, 3.63) is 70.8 Å². The van der Waals surface area contributed by atoms with E-state index in [1.54, 1.807) is 6.07 Å². The maximum absolute atomic E-state index is 12.8. The van der Waals surface area contributed by atoms with Crippen molar-refractivity contribution in [2.24, 2.45) is 5.92 Å². The molecule has 0 spiro atoms. The molecule has 172 valence electrons. The number of hydrogen-bond acceptors (Lipinski definition) is 4. The molecule has 2 aromatic rings. The van der Waals surface area contributed by atoms with Gasteiger partial charge in [-0.1, -0.05) is 56.3 Å². The van der Waals surface area contributed by atoms with Crippen molar-refractivity contribution in [2.75, 3.05) is 13.1 Å². The fraction of sp³-hybridized carbons (Fsp3) is 0.462. The van der Waals surface area contributed by atoms with Crippen molar-refractivity contribution in [1.82, 2.24) is 15.5 Å². The summed E-state index contributed by atoms with van der Waals surface area (Å²) in [5.41, 5.74) is 3.71. The Balaban J connectivity index is 1.52. The molecule has 6 heteroatoms. The van der Waals surface area contributed by atoms with Gasteiger partial charge in [0.05, 0.1) is 6.10 Å². The van der Waals surface area contributed by atoms with E-state index in [2.05, 4.69) is 27.7 Å². The number of carbonyl (C=O) groups excluding carboxylic acids is 2. The van der Waals surface area contributed by atoms with Gasteiger partial charge in [0.2, 0.25) is 5.91 Å². The van der Waals surface area contributed by atoms with Crippen molar-refractivity contribution in [2.45, 2.75) is 58.8 Å². The van der Waals surface area contributed by atoms with E-state index in [9.17, 15) is 14.7 Å². The number of rotatable bonds is 8. The van der Waals surface area contributed by atoms with Crippen LogP contribution in [0, 0.1) is 12.8 Å². The predicted octanol–water partition coefficient (Wildman–Crippen LogP) is 3.02. The number of aliphatic hydroxyl groups excluding tert-OH is 1. The third-order valence-corrected chi connectivity index (χ3v) is 6.08. The lowest BCUT2D eigenvalue weighted by atomic mass is 10.0. The average molecular weight is 438 g/mol. The monoisotopic (exact) mass is 437 g/mol. The minimum atomic E-state index is -0.601. The van der Waals surface area contributed by atoms with Crippen LogP contribution in [-0.2, 0) is 17.9 Å². The molecule has 32 heavy (non-hydrogen) atoms. The molecule has 1 fully saturated rings. The van der Waals surface area contributed by atoms with Gasteiger partial charge in [0, 0.05) is 31.7 Å². The number of nitrogens with zero attached hydrogens (tertiary/aromatic N) is 1. The van der Waals surface area contributed by atoms with Crippen LogP contribution in [-0.4, -0.2) is 47.1 Å². The lowest BCUT2D eigenvalue weighted by molar-refractivity contribution is -0.124. The number of piperidine rings is 1. The van der Waals surface area contributed by atoms with Crippen LogP contribution in [0.2, 0.25) is 0 Å². The largest absolute Gasteiger partial charge is 0.393 e. The van der Waals surface area contributed by atoms with Gasteiger partial charge in [-0.3, -0.25) is 14.5 Å². The first-order valence-corrected chi connectivity index (χ1v) is 11.5. The van der Waals surface area contributed by atoms with Crippen LogP contribution in [0.1, 0.15) is 53.7 Å².